The molecule has 1 N–H and O–H groups in total. The first-order valence-electron chi connectivity index (χ1n) is 7.36. The summed E-state index contributed by atoms with van der Waals surface area (Å²) in [7, 11) is 0. The molecule has 3 aromatic rings. The maximum absolute atomic E-state index is 11.1. The first kappa shape index (κ1) is 16.6. The van der Waals surface area contributed by atoms with E-state index in [0.717, 1.165) is 22.6 Å². The third-order valence-electron chi connectivity index (χ3n) is 3.52. The Morgan fingerprint density at radius 2 is 1.88 bits per heavy atom. The van der Waals surface area contributed by atoms with Gasteiger partial charge in [-0.2, -0.15) is 0 Å². The minimum Gasteiger partial charge on any atom is -0.327 e. The van der Waals surface area contributed by atoms with Gasteiger partial charge in [-0.25, -0.2) is 4.98 Å². The molecule has 1 aromatic heterocycles. The van der Waals surface area contributed by atoms with Crippen LogP contribution in [-0.4, -0.2) is 15.5 Å². The molecule has 1 amide bonds. The van der Waals surface area contributed by atoms with Crippen LogP contribution in [0.4, 0.5) is 5.69 Å². The van der Waals surface area contributed by atoms with Crippen molar-refractivity contribution in [2.75, 3.05) is 5.32 Å². The van der Waals surface area contributed by atoms with E-state index < -0.39 is 0 Å². The third kappa shape index (κ3) is 3.78. The fraction of sp³-hybridized carbons (Fsp3) is 0.111. The first-order chi connectivity index (χ1) is 11.5. The Balaban J connectivity index is 1.84. The van der Waals surface area contributed by atoms with Crippen molar-refractivity contribution in [1.82, 2.24) is 9.55 Å². The van der Waals surface area contributed by atoms with Gasteiger partial charge in [0.05, 0.1) is 10.0 Å². The van der Waals surface area contributed by atoms with Gasteiger partial charge in [0.1, 0.15) is 5.82 Å². The monoisotopic (exact) mass is 359 g/mol. The molecule has 0 saturated carbocycles. The van der Waals surface area contributed by atoms with Crippen LogP contribution in [-0.2, 0) is 11.3 Å². The molecule has 3 rings (SSSR count). The van der Waals surface area contributed by atoms with Gasteiger partial charge in [0.15, 0.2) is 0 Å². The summed E-state index contributed by atoms with van der Waals surface area (Å²) in [5, 5.41) is 3.83. The van der Waals surface area contributed by atoms with E-state index in [2.05, 4.69) is 10.3 Å². The Labute approximate surface area is 150 Å². The summed E-state index contributed by atoms with van der Waals surface area (Å²) in [6.45, 7) is 2.12. The number of imidazole rings is 1. The van der Waals surface area contributed by atoms with Crippen LogP contribution in [0, 0.1) is 0 Å². The van der Waals surface area contributed by atoms with E-state index in [9.17, 15) is 4.79 Å². The smallest absolute Gasteiger partial charge is 0.221 e. The number of hydrogen-bond donors (Lipinski definition) is 1. The van der Waals surface area contributed by atoms with Gasteiger partial charge in [0.25, 0.3) is 0 Å². The zero-order chi connectivity index (χ0) is 17.1. The maximum atomic E-state index is 11.1. The largest absolute Gasteiger partial charge is 0.327 e. The maximum Gasteiger partial charge on any atom is 0.221 e. The Kier molecular flexibility index (Phi) is 4.88. The summed E-state index contributed by atoms with van der Waals surface area (Å²) in [6, 6.07) is 13.2. The van der Waals surface area contributed by atoms with Gasteiger partial charge in [0, 0.05) is 37.1 Å². The molecular formula is C18H15Cl2N3O. The molecule has 0 spiro atoms. The number of nitrogens with zero attached hydrogens (tertiary/aromatic N) is 2. The second kappa shape index (κ2) is 7.07. The van der Waals surface area contributed by atoms with Crippen molar-refractivity contribution in [3.63, 3.8) is 0 Å². The molecule has 24 heavy (non-hydrogen) atoms. The van der Waals surface area contributed by atoms with Gasteiger partial charge in [-0.1, -0.05) is 29.3 Å². The molecule has 0 fully saturated rings. The average molecular weight is 360 g/mol. The van der Waals surface area contributed by atoms with E-state index >= 15 is 0 Å². The molecule has 0 saturated heterocycles. The van der Waals surface area contributed by atoms with Crippen LogP contribution in [0.25, 0.3) is 11.4 Å². The van der Waals surface area contributed by atoms with Crippen LogP contribution in [0.2, 0.25) is 10.0 Å². The highest BCUT2D eigenvalue weighted by molar-refractivity contribution is 6.42. The highest BCUT2D eigenvalue weighted by atomic mass is 35.5. The summed E-state index contributed by atoms with van der Waals surface area (Å²) in [4.78, 5) is 15.5. The Morgan fingerprint density at radius 1 is 1.12 bits per heavy atom. The number of aromatic nitrogens is 2. The van der Waals surface area contributed by atoms with Crippen molar-refractivity contribution in [1.29, 1.82) is 0 Å². The number of anilines is 1. The molecule has 4 nitrogen and oxygen atoms in total. The number of nitrogens with one attached hydrogen (secondary N) is 1. The lowest BCUT2D eigenvalue weighted by atomic mass is 10.1. The molecule has 6 heteroatoms. The van der Waals surface area contributed by atoms with Gasteiger partial charge in [-0.15, -0.1) is 0 Å². The minimum absolute atomic E-state index is 0.0936. The predicted molar refractivity (Wildman–Crippen MR) is 97.5 cm³/mol. The lowest BCUT2D eigenvalue weighted by molar-refractivity contribution is -0.114. The van der Waals surface area contributed by atoms with Gasteiger partial charge in [-0.3, -0.25) is 4.79 Å². The summed E-state index contributed by atoms with van der Waals surface area (Å²) >= 11 is 12.0. The number of hydrogen-bond acceptors (Lipinski definition) is 2. The van der Waals surface area contributed by atoms with Gasteiger partial charge in [0.2, 0.25) is 5.91 Å². The summed E-state index contributed by atoms with van der Waals surface area (Å²) < 4.78 is 2.03. The van der Waals surface area contributed by atoms with E-state index in [0.29, 0.717) is 16.6 Å². The molecular weight excluding hydrogens is 345 g/mol. The zero-order valence-corrected chi connectivity index (χ0v) is 14.5. The van der Waals surface area contributed by atoms with E-state index in [4.69, 9.17) is 23.2 Å². The molecule has 0 atom stereocenters. The molecule has 0 radical (unpaired) electrons. The van der Waals surface area contributed by atoms with Crippen LogP contribution in [0.3, 0.4) is 0 Å². The van der Waals surface area contributed by atoms with Crippen molar-refractivity contribution in [2.45, 2.75) is 13.5 Å². The highest BCUT2D eigenvalue weighted by Gasteiger charge is 2.08. The average Bonchev–Trinajstić information content (AvgIpc) is 2.99. The minimum atomic E-state index is -0.0936. The molecule has 0 bridgehead atoms. The standard InChI is InChI=1S/C18H15Cl2N3O/c1-12(24)22-15-5-3-14(4-6-15)18-21-8-9-23(18)11-13-2-7-16(19)17(20)10-13/h2-10H,11H2,1H3,(H,22,24). The third-order valence-corrected chi connectivity index (χ3v) is 4.25. The van der Waals surface area contributed by atoms with Gasteiger partial charge in [-0.05, 0) is 42.0 Å². The number of halogens is 2. The molecule has 0 aliphatic carbocycles. The number of rotatable bonds is 4. The van der Waals surface area contributed by atoms with Crippen molar-refractivity contribution in [3.8, 4) is 11.4 Å². The van der Waals surface area contributed by atoms with Crippen molar-refractivity contribution < 1.29 is 4.79 Å². The van der Waals surface area contributed by atoms with E-state index in [1.165, 1.54) is 6.92 Å². The summed E-state index contributed by atoms with van der Waals surface area (Å²) in [6.07, 6.45) is 3.67. The van der Waals surface area contributed by atoms with Crippen LogP contribution in [0.1, 0.15) is 12.5 Å². The fourth-order valence-corrected chi connectivity index (χ4v) is 2.76. The predicted octanol–water partition coefficient (Wildman–Crippen LogP) is 4.86. The molecule has 1 heterocycles. The Morgan fingerprint density at radius 3 is 2.54 bits per heavy atom. The quantitative estimate of drug-likeness (QED) is 0.722. The number of benzene rings is 2. The summed E-state index contributed by atoms with van der Waals surface area (Å²) in [5.74, 6) is 0.749. The van der Waals surface area contributed by atoms with Crippen molar-refractivity contribution in [2.24, 2.45) is 0 Å². The highest BCUT2D eigenvalue weighted by Crippen LogP contribution is 2.25. The van der Waals surface area contributed by atoms with Crippen molar-refractivity contribution >= 4 is 34.8 Å². The Hall–Kier alpha value is -2.30. The second-order valence-corrected chi connectivity index (χ2v) is 6.20. The van der Waals surface area contributed by atoms with Crippen LogP contribution in [0.5, 0.6) is 0 Å². The van der Waals surface area contributed by atoms with Gasteiger partial charge < -0.3 is 9.88 Å². The number of amides is 1. The van der Waals surface area contributed by atoms with E-state index in [-0.39, 0.29) is 5.91 Å². The molecule has 2 aromatic carbocycles. The lowest BCUT2D eigenvalue weighted by Gasteiger charge is -2.10. The number of carbonyl (C=O) groups excluding carboxylic acids is 1. The normalized spacial score (nSPS) is 10.6. The van der Waals surface area contributed by atoms with Crippen LogP contribution < -0.4 is 5.32 Å². The van der Waals surface area contributed by atoms with E-state index in [1.54, 1.807) is 12.3 Å². The Bertz CT molecular complexity index is 872. The van der Waals surface area contributed by atoms with Crippen molar-refractivity contribution in [3.05, 3.63) is 70.5 Å². The van der Waals surface area contributed by atoms with Gasteiger partial charge >= 0.3 is 0 Å². The van der Waals surface area contributed by atoms with E-state index in [1.807, 2.05) is 47.2 Å². The zero-order valence-electron chi connectivity index (χ0n) is 13.0. The fourth-order valence-electron chi connectivity index (χ4n) is 2.44. The lowest BCUT2D eigenvalue weighted by Crippen LogP contribution is -2.05. The summed E-state index contributed by atoms with van der Waals surface area (Å²) in [5.41, 5.74) is 2.77. The molecule has 0 aliphatic heterocycles. The SMILES string of the molecule is CC(=O)Nc1ccc(-c2nccn2Cc2ccc(Cl)c(Cl)c2)cc1. The topological polar surface area (TPSA) is 46.9 Å². The first-order valence-corrected chi connectivity index (χ1v) is 8.11. The van der Waals surface area contributed by atoms with Crippen LogP contribution in [0.15, 0.2) is 54.9 Å². The molecule has 0 unspecified atom stereocenters. The molecule has 0 aliphatic rings. The second-order valence-electron chi connectivity index (χ2n) is 5.39. The number of carbonyl (C=O) groups is 1. The molecule has 122 valence electrons. The van der Waals surface area contributed by atoms with Crippen LogP contribution >= 0.6 is 23.2 Å².